The lowest BCUT2D eigenvalue weighted by atomic mass is 10.2. The van der Waals surface area contributed by atoms with Crippen molar-refractivity contribution < 1.29 is 9.90 Å². The lowest BCUT2D eigenvalue weighted by Crippen LogP contribution is -2.19. The monoisotopic (exact) mass is 263 g/mol. The summed E-state index contributed by atoms with van der Waals surface area (Å²) < 4.78 is 0. The van der Waals surface area contributed by atoms with Crippen LogP contribution in [-0.4, -0.2) is 34.9 Å². The summed E-state index contributed by atoms with van der Waals surface area (Å²) in [5.74, 6) is -0.984. The first-order valence-corrected chi connectivity index (χ1v) is 6.69. The molecule has 2 rings (SSSR count). The molecule has 0 aliphatic carbocycles. The fraction of sp³-hybridized carbons (Fsp3) is 0.417. The van der Waals surface area contributed by atoms with Gasteiger partial charge in [0.05, 0.1) is 11.4 Å². The Labute approximate surface area is 109 Å². The van der Waals surface area contributed by atoms with Gasteiger partial charge in [0.15, 0.2) is 0 Å². The maximum absolute atomic E-state index is 10.6. The topological polar surface area (TPSA) is 77.2 Å². The van der Waals surface area contributed by atoms with Gasteiger partial charge in [-0.3, -0.25) is 4.79 Å². The summed E-state index contributed by atoms with van der Waals surface area (Å²) in [6.45, 7) is 1.89. The van der Waals surface area contributed by atoms with E-state index in [1.807, 2.05) is 6.07 Å². The van der Waals surface area contributed by atoms with Crippen LogP contribution in [0.3, 0.4) is 0 Å². The third-order valence-electron chi connectivity index (χ3n) is 2.79. The van der Waals surface area contributed by atoms with E-state index in [0.29, 0.717) is 10.6 Å². The zero-order valence-electron chi connectivity index (χ0n) is 9.80. The third-order valence-corrected chi connectivity index (χ3v) is 3.76. The molecular weight excluding hydrogens is 250 g/mol. The van der Waals surface area contributed by atoms with E-state index in [1.165, 1.54) is 0 Å². The molecule has 1 aromatic rings. The van der Waals surface area contributed by atoms with Crippen LogP contribution in [0.4, 0.5) is 5.69 Å². The molecule has 5 nitrogen and oxygen atoms in total. The van der Waals surface area contributed by atoms with Crippen molar-refractivity contribution in [3.05, 3.63) is 17.8 Å². The van der Waals surface area contributed by atoms with Gasteiger partial charge < -0.3 is 10.0 Å². The quantitative estimate of drug-likeness (QED) is 0.834. The van der Waals surface area contributed by atoms with Gasteiger partial charge in [-0.05, 0) is 18.9 Å². The first kappa shape index (κ1) is 12.7. The number of aromatic nitrogens is 1. The smallest absolute Gasteiger partial charge is 0.313 e. The highest BCUT2D eigenvalue weighted by Crippen LogP contribution is 2.30. The molecule has 0 saturated carbocycles. The second-order valence-electron chi connectivity index (χ2n) is 4.00. The molecule has 1 aliphatic heterocycles. The van der Waals surface area contributed by atoms with E-state index in [4.69, 9.17) is 5.11 Å². The molecule has 1 aromatic heterocycles. The summed E-state index contributed by atoms with van der Waals surface area (Å²) in [6, 6.07) is 3.97. The Morgan fingerprint density at radius 1 is 1.56 bits per heavy atom. The molecule has 1 aliphatic rings. The van der Waals surface area contributed by atoms with Gasteiger partial charge >= 0.3 is 5.97 Å². The standard InChI is InChI=1S/C12H13N3O2S/c13-7-9-10(15-5-1-2-6-15)3-4-14-12(9)18-8-11(16)17/h3-4H,1-2,5-6,8H2,(H,16,17). The van der Waals surface area contributed by atoms with Crippen molar-refractivity contribution in [1.82, 2.24) is 4.98 Å². The molecular formula is C12H13N3O2S. The minimum absolute atomic E-state index is 0.0782. The van der Waals surface area contributed by atoms with Crippen molar-refractivity contribution in [2.45, 2.75) is 17.9 Å². The Bertz CT molecular complexity index is 493. The van der Waals surface area contributed by atoms with Crippen LogP contribution in [0.15, 0.2) is 17.3 Å². The van der Waals surface area contributed by atoms with Crippen LogP contribution in [0.5, 0.6) is 0 Å². The van der Waals surface area contributed by atoms with Gasteiger partial charge in [-0.2, -0.15) is 5.26 Å². The van der Waals surface area contributed by atoms with E-state index in [-0.39, 0.29) is 5.75 Å². The molecule has 0 atom stereocenters. The number of hydrogen-bond acceptors (Lipinski definition) is 5. The molecule has 0 bridgehead atoms. The predicted molar refractivity (Wildman–Crippen MR) is 68.8 cm³/mol. The van der Waals surface area contributed by atoms with E-state index in [9.17, 15) is 10.1 Å². The first-order valence-electron chi connectivity index (χ1n) is 5.71. The van der Waals surface area contributed by atoms with E-state index >= 15 is 0 Å². The van der Waals surface area contributed by atoms with Crippen molar-refractivity contribution >= 4 is 23.4 Å². The summed E-state index contributed by atoms with van der Waals surface area (Å²) in [6.07, 6.45) is 3.90. The van der Waals surface area contributed by atoms with Crippen LogP contribution in [0.2, 0.25) is 0 Å². The number of nitrogens with zero attached hydrogens (tertiary/aromatic N) is 3. The number of anilines is 1. The zero-order valence-corrected chi connectivity index (χ0v) is 10.6. The van der Waals surface area contributed by atoms with Gasteiger partial charge in [0.2, 0.25) is 0 Å². The predicted octanol–water partition coefficient (Wildman–Crippen LogP) is 1.73. The average Bonchev–Trinajstić information content (AvgIpc) is 2.89. The lowest BCUT2D eigenvalue weighted by molar-refractivity contribution is -0.133. The average molecular weight is 263 g/mol. The van der Waals surface area contributed by atoms with Gasteiger partial charge in [-0.25, -0.2) is 4.98 Å². The largest absolute Gasteiger partial charge is 0.481 e. The summed E-state index contributed by atoms with van der Waals surface area (Å²) in [5, 5.41) is 18.4. The SMILES string of the molecule is N#Cc1c(N2CCCC2)ccnc1SCC(=O)O. The van der Waals surface area contributed by atoms with Crippen LogP contribution in [-0.2, 0) is 4.79 Å². The van der Waals surface area contributed by atoms with Crippen molar-refractivity contribution in [3.63, 3.8) is 0 Å². The lowest BCUT2D eigenvalue weighted by Gasteiger charge is -2.19. The number of carboxylic acid groups (broad SMARTS) is 1. The van der Waals surface area contributed by atoms with Crippen molar-refractivity contribution in [2.75, 3.05) is 23.7 Å². The van der Waals surface area contributed by atoms with Gasteiger partial charge in [0.1, 0.15) is 16.7 Å². The van der Waals surface area contributed by atoms with Crippen LogP contribution in [0.1, 0.15) is 18.4 Å². The Balaban J connectivity index is 2.27. The first-order chi connectivity index (χ1) is 8.72. The molecule has 6 heteroatoms. The summed E-state index contributed by atoms with van der Waals surface area (Å²) in [5.41, 5.74) is 1.36. The van der Waals surface area contributed by atoms with Crippen LogP contribution < -0.4 is 4.90 Å². The molecule has 94 valence electrons. The maximum Gasteiger partial charge on any atom is 0.313 e. The number of nitriles is 1. The number of hydrogen-bond donors (Lipinski definition) is 1. The minimum Gasteiger partial charge on any atom is -0.481 e. The molecule has 1 saturated heterocycles. The van der Waals surface area contributed by atoms with Gasteiger partial charge in [0.25, 0.3) is 0 Å². The third kappa shape index (κ3) is 2.74. The van der Waals surface area contributed by atoms with Crippen LogP contribution in [0, 0.1) is 11.3 Å². The molecule has 1 fully saturated rings. The number of thioether (sulfide) groups is 1. The molecule has 0 spiro atoms. The Hall–Kier alpha value is -1.74. The Morgan fingerprint density at radius 2 is 2.28 bits per heavy atom. The Kier molecular flexibility index (Phi) is 4.05. The highest BCUT2D eigenvalue weighted by molar-refractivity contribution is 7.99. The van der Waals surface area contributed by atoms with Gasteiger partial charge in [-0.1, -0.05) is 11.8 Å². The summed E-state index contributed by atoms with van der Waals surface area (Å²) in [7, 11) is 0. The normalized spacial score (nSPS) is 14.5. The minimum atomic E-state index is -0.905. The molecule has 18 heavy (non-hydrogen) atoms. The fourth-order valence-corrected chi connectivity index (χ4v) is 2.69. The van der Waals surface area contributed by atoms with E-state index in [1.54, 1.807) is 6.20 Å². The molecule has 1 N–H and O–H groups in total. The number of carbonyl (C=O) groups is 1. The van der Waals surface area contributed by atoms with E-state index in [0.717, 1.165) is 43.4 Å². The molecule has 0 radical (unpaired) electrons. The van der Waals surface area contributed by atoms with Crippen molar-refractivity contribution in [2.24, 2.45) is 0 Å². The van der Waals surface area contributed by atoms with E-state index in [2.05, 4.69) is 16.0 Å². The highest BCUT2D eigenvalue weighted by Gasteiger charge is 2.19. The van der Waals surface area contributed by atoms with Crippen LogP contribution >= 0.6 is 11.8 Å². The molecule has 0 amide bonds. The maximum atomic E-state index is 10.6. The molecule has 0 aromatic carbocycles. The van der Waals surface area contributed by atoms with Crippen LogP contribution in [0.25, 0.3) is 0 Å². The Morgan fingerprint density at radius 3 is 2.89 bits per heavy atom. The van der Waals surface area contributed by atoms with Crippen molar-refractivity contribution in [1.29, 1.82) is 5.26 Å². The highest BCUT2D eigenvalue weighted by atomic mass is 32.2. The fourth-order valence-electron chi connectivity index (χ4n) is 2.00. The second kappa shape index (κ2) is 5.74. The number of rotatable bonds is 4. The van der Waals surface area contributed by atoms with Gasteiger partial charge in [-0.15, -0.1) is 0 Å². The van der Waals surface area contributed by atoms with E-state index < -0.39 is 5.97 Å². The van der Waals surface area contributed by atoms with Gasteiger partial charge in [0, 0.05) is 19.3 Å². The number of carboxylic acids is 1. The number of pyridine rings is 1. The molecule has 0 unspecified atom stereocenters. The number of aliphatic carboxylic acids is 1. The van der Waals surface area contributed by atoms with Crippen molar-refractivity contribution in [3.8, 4) is 6.07 Å². The second-order valence-corrected chi connectivity index (χ2v) is 4.96. The summed E-state index contributed by atoms with van der Waals surface area (Å²) in [4.78, 5) is 16.8. The molecule has 2 heterocycles. The zero-order chi connectivity index (χ0) is 13.0. The summed E-state index contributed by atoms with van der Waals surface area (Å²) >= 11 is 1.09.